The zero-order valence-corrected chi connectivity index (χ0v) is 18.4. The minimum absolute atomic E-state index is 0.0527. The molecule has 2 atom stereocenters. The number of fused-ring (bicyclic) bond motifs is 5. The van der Waals surface area contributed by atoms with Crippen LogP contribution in [0, 0.1) is 5.82 Å². The average molecular weight is 506 g/mol. The second-order valence-electron chi connectivity index (χ2n) is 8.02. The molecule has 0 radical (unpaired) electrons. The van der Waals surface area contributed by atoms with E-state index in [0.29, 0.717) is 6.26 Å². The molecule has 1 aromatic carbocycles. The Bertz CT molecular complexity index is 1230. The lowest BCUT2D eigenvalue weighted by molar-refractivity contribution is -0.00453. The van der Waals surface area contributed by atoms with Crippen LogP contribution in [0.2, 0.25) is 0 Å². The van der Waals surface area contributed by atoms with Crippen LogP contribution in [-0.4, -0.2) is 55.1 Å². The monoisotopic (exact) mass is 506 g/mol. The summed E-state index contributed by atoms with van der Waals surface area (Å²) < 4.78 is 102. The van der Waals surface area contributed by atoms with Gasteiger partial charge >= 0.3 is 6.03 Å². The number of urea groups is 1. The third-order valence-corrected chi connectivity index (χ3v) is 6.19. The topological polar surface area (TPSA) is 101 Å². The zero-order chi connectivity index (χ0) is 24.8. The number of carbonyl (C=O) groups is 1. The van der Waals surface area contributed by atoms with Gasteiger partial charge in [0.05, 0.1) is 36.6 Å². The standard InChI is InChI=1S/C20H19F5N4O4S/c1-34(31,32)28-16-13-7-10-3-2-4-14(15(10)21)33-18-12(17(22)23)6-5-11(27-18)8-26-19(30)29(13)9-20(16,24)25/h2-6,13,16-17,28H,7-9H2,1H3,(H,26,30)/t13-,16+/m0/s1. The minimum Gasteiger partial charge on any atom is -0.435 e. The highest BCUT2D eigenvalue weighted by Crippen LogP contribution is 2.37. The number of amides is 2. The fourth-order valence-corrected chi connectivity index (χ4v) is 4.77. The maximum atomic E-state index is 15.3. The molecule has 0 saturated carbocycles. The average Bonchev–Trinajstić information content (AvgIpc) is 2.97. The molecule has 1 saturated heterocycles. The van der Waals surface area contributed by atoms with Crippen molar-refractivity contribution in [3.63, 3.8) is 0 Å². The van der Waals surface area contributed by atoms with Crippen LogP contribution in [0.4, 0.5) is 26.7 Å². The SMILES string of the molecule is CS(=O)(=O)N[C@@H]1[C@@H]2Cc3cccc(c3F)Oc3nc(ccc3C(F)F)CNC(=O)N2CC1(F)F. The Labute approximate surface area is 191 Å². The Balaban J connectivity index is 1.82. The normalized spacial score (nSPS) is 22.2. The first-order chi connectivity index (χ1) is 15.9. The molecule has 0 spiro atoms. The van der Waals surface area contributed by atoms with Crippen LogP contribution in [0.1, 0.15) is 23.2 Å². The van der Waals surface area contributed by atoms with E-state index in [4.69, 9.17) is 4.74 Å². The Morgan fingerprint density at radius 1 is 1.26 bits per heavy atom. The maximum absolute atomic E-state index is 15.3. The molecule has 3 heterocycles. The van der Waals surface area contributed by atoms with Crippen molar-refractivity contribution in [1.82, 2.24) is 19.9 Å². The fourth-order valence-electron chi connectivity index (χ4n) is 3.98. The molecule has 1 aromatic heterocycles. The number of nitrogens with zero attached hydrogens (tertiary/aromatic N) is 2. The molecular formula is C20H19F5N4O4S. The lowest BCUT2D eigenvalue weighted by Crippen LogP contribution is -2.53. The molecule has 2 N–H and O–H groups in total. The van der Waals surface area contributed by atoms with Gasteiger partial charge in [-0.1, -0.05) is 12.1 Å². The van der Waals surface area contributed by atoms with Gasteiger partial charge in [0.15, 0.2) is 11.6 Å². The Kier molecular flexibility index (Phi) is 6.14. The van der Waals surface area contributed by atoms with Gasteiger partial charge in [-0.3, -0.25) is 0 Å². The molecule has 14 heteroatoms. The summed E-state index contributed by atoms with van der Waals surface area (Å²) in [7, 11) is -4.12. The Hall–Kier alpha value is -3.00. The number of alkyl halides is 4. The van der Waals surface area contributed by atoms with Crippen LogP contribution in [0.3, 0.4) is 0 Å². The largest absolute Gasteiger partial charge is 0.435 e. The van der Waals surface area contributed by atoms with Crippen molar-refractivity contribution in [3.05, 3.63) is 53.0 Å². The van der Waals surface area contributed by atoms with Gasteiger partial charge in [-0.25, -0.2) is 44.9 Å². The number of rotatable bonds is 3. The van der Waals surface area contributed by atoms with Crippen LogP contribution in [0.25, 0.3) is 0 Å². The van der Waals surface area contributed by atoms with E-state index in [1.54, 1.807) is 0 Å². The molecule has 34 heavy (non-hydrogen) atoms. The lowest BCUT2D eigenvalue weighted by atomic mass is 9.98. The van der Waals surface area contributed by atoms with Gasteiger partial charge in [-0.05, 0) is 30.2 Å². The number of ether oxygens (including phenoxy) is 1. The summed E-state index contributed by atoms with van der Waals surface area (Å²) in [4.78, 5) is 17.5. The van der Waals surface area contributed by atoms with Gasteiger partial charge in [0.25, 0.3) is 12.3 Å². The summed E-state index contributed by atoms with van der Waals surface area (Å²) in [6, 6.07) is 1.41. The van der Waals surface area contributed by atoms with Crippen molar-refractivity contribution in [1.29, 1.82) is 0 Å². The quantitative estimate of drug-likeness (QED) is 0.624. The van der Waals surface area contributed by atoms with Crippen LogP contribution in [0.5, 0.6) is 11.6 Å². The molecule has 0 aliphatic carbocycles. The summed E-state index contributed by atoms with van der Waals surface area (Å²) >= 11 is 0. The highest BCUT2D eigenvalue weighted by Gasteiger charge is 2.57. The van der Waals surface area contributed by atoms with Gasteiger partial charge in [-0.15, -0.1) is 0 Å². The van der Waals surface area contributed by atoms with E-state index >= 15 is 4.39 Å². The van der Waals surface area contributed by atoms with Crippen LogP contribution in [0.15, 0.2) is 30.3 Å². The highest BCUT2D eigenvalue weighted by molar-refractivity contribution is 7.88. The Morgan fingerprint density at radius 2 is 2.00 bits per heavy atom. The third kappa shape index (κ3) is 4.78. The molecule has 1 fully saturated rings. The van der Waals surface area contributed by atoms with Gasteiger partial charge < -0.3 is 15.0 Å². The van der Waals surface area contributed by atoms with E-state index in [1.807, 2.05) is 4.72 Å². The van der Waals surface area contributed by atoms with Crippen molar-refractivity contribution >= 4 is 16.1 Å². The predicted octanol–water partition coefficient (Wildman–Crippen LogP) is 2.95. The fraction of sp³-hybridized carbons (Fsp3) is 0.400. The number of benzene rings is 1. The van der Waals surface area contributed by atoms with Gasteiger partial charge in [0, 0.05) is 0 Å². The Morgan fingerprint density at radius 3 is 2.68 bits per heavy atom. The van der Waals surface area contributed by atoms with E-state index in [1.165, 1.54) is 18.2 Å². The van der Waals surface area contributed by atoms with Crippen molar-refractivity contribution in [3.8, 4) is 11.6 Å². The first-order valence-corrected chi connectivity index (χ1v) is 11.9. The predicted molar refractivity (Wildman–Crippen MR) is 109 cm³/mol. The van der Waals surface area contributed by atoms with E-state index < -0.39 is 76.5 Å². The molecular weight excluding hydrogens is 487 g/mol. The first kappa shape index (κ1) is 24.1. The molecule has 4 rings (SSSR count). The second kappa shape index (κ2) is 8.65. The summed E-state index contributed by atoms with van der Waals surface area (Å²) in [6.07, 6.45) is -2.80. The third-order valence-electron chi connectivity index (χ3n) is 5.51. The molecule has 8 nitrogen and oxygen atoms in total. The van der Waals surface area contributed by atoms with Crippen molar-refractivity contribution in [2.45, 2.75) is 37.4 Å². The molecule has 0 unspecified atom stereocenters. The van der Waals surface area contributed by atoms with Gasteiger partial charge in [-0.2, -0.15) is 0 Å². The summed E-state index contributed by atoms with van der Waals surface area (Å²) in [5, 5.41) is 2.37. The van der Waals surface area contributed by atoms with Gasteiger partial charge in [0.1, 0.15) is 6.04 Å². The van der Waals surface area contributed by atoms with Crippen molar-refractivity contribution in [2.75, 3.05) is 12.8 Å². The molecule has 2 aliphatic heterocycles. The van der Waals surface area contributed by atoms with E-state index in [-0.39, 0.29) is 17.8 Å². The molecule has 184 valence electrons. The van der Waals surface area contributed by atoms with Crippen LogP contribution < -0.4 is 14.8 Å². The van der Waals surface area contributed by atoms with E-state index in [9.17, 15) is 30.8 Å². The number of hydrogen-bond donors (Lipinski definition) is 2. The zero-order valence-electron chi connectivity index (χ0n) is 17.6. The number of aromatic nitrogens is 1. The minimum atomic E-state index is -4.12. The summed E-state index contributed by atoms with van der Waals surface area (Å²) in [5.41, 5.74) is -0.739. The molecule has 2 amide bonds. The lowest BCUT2D eigenvalue weighted by Gasteiger charge is -2.28. The summed E-state index contributed by atoms with van der Waals surface area (Å²) in [6.45, 7) is -1.46. The number of carbonyl (C=O) groups excluding carboxylic acids is 1. The summed E-state index contributed by atoms with van der Waals surface area (Å²) in [5.74, 6) is -5.74. The second-order valence-corrected chi connectivity index (χ2v) is 9.80. The number of hydrogen-bond acceptors (Lipinski definition) is 5. The number of halogens is 5. The van der Waals surface area contributed by atoms with Gasteiger partial charge in [0.2, 0.25) is 15.9 Å². The number of sulfonamides is 1. The van der Waals surface area contributed by atoms with Crippen molar-refractivity contribution < 1.29 is 39.9 Å². The molecule has 4 bridgehead atoms. The first-order valence-electron chi connectivity index (χ1n) is 9.98. The maximum Gasteiger partial charge on any atom is 0.318 e. The highest BCUT2D eigenvalue weighted by atomic mass is 32.2. The number of pyridine rings is 1. The van der Waals surface area contributed by atoms with Crippen molar-refractivity contribution in [2.24, 2.45) is 0 Å². The van der Waals surface area contributed by atoms with Crippen LogP contribution in [-0.2, 0) is 23.0 Å². The van der Waals surface area contributed by atoms with E-state index in [0.717, 1.165) is 17.0 Å². The van der Waals surface area contributed by atoms with E-state index in [2.05, 4.69) is 10.3 Å². The molecule has 2 aliphatic rings. The smallest absolute Gasteiger partial charge is 0.318 e. The molecule has 2 aromatic rings. The van der Waals surface area contributed by atoms with Crippen LogP contribution >= 0.6 is 0 Å². The number of nitrogens with one attached hydrogen (secondary N) is 2.